The molecule has 0 unspecified atom stereocenters. The molecule has 0 saturated heterocycles. The third-order valence-electron chi connectivity index (χ3n) is 1.40. The molecular formula is C7H14N3+. The first kappa shape index (κ1) is 7.28. The SMILES string of the molecule is Cc1cnn(CCC[NH3+])c1. The molecule has 0 spiro atoms. The Kier molecular flexibility index (Phi) is 2.45. The predicted molar refractivity (Wildman–Crippen MR) is 39.3 cm³/mol. The average molecular weight is 140 g/mol. The summed E-state index contributed by atoms with van der Waals surface area (Å²) in [5.41, 5.74) is 4.99. The zero-order chi connectivity index (χ0) is 7.40. The Hall–Kier alpha value is -0.830. The van der Waals surface area contributed by atoms with Gasteiger partial charge in [-0.3, -0.25) is 4.68 Å². The number of aromatic nitrogens is 2. The molecule has 0 fully saturated rings. The number of hydrogen-bond acceptors (Lipinski definition) is 1. The summed E-state index contributed by atoms with van der Waals surface area (Å²) in [7, 11) is 0. The summed E-state index contributed by atoms with van der Waals surface area (Å²) in [6, 6.07) is 0. The highest BCUT2D eigenvalue weighted by molar-refractivity contribution is 4.99. The minimum Gasteiger partial charge on any atom is -0.358 e. The van der Waals surface area contributed by atoms with E-state index in [1.165, 1.54) is 5.56 Å². The van der Waals surface area contributed by atoms with Crippen molar-refractivity contribution in [1.29, 1.82) is 0 Å². The van der Waals surface area contributed by atoms with Gasteiger partial charge in [0.05, 0.1) is 12.7 Å². The van der Waals surface area contributed by atoms with Crippen LogP contribution in [0.3, 0.4) is 0 Å². The molecule has 1 aromatic rings. The van der Waals surface area contributed by atoms with E-state index in [0.717, 1.165) is 19.5 Å². The summed E-state index contributed by atoms with van der Waals surface area (Å²) >= 11 is 0. The number of quaternary nitrogens is 1. The highest BCUT2D eigenvalue weighted by Gasteiger charge is 1.91. The van der Waals surface area contributed by atoms with Gasteiger partial charge >= 0.3 is 0 Å². The Morgan fingerprint density at radius 2 is 2.50 bits per heavy atom. The van der Waals surface area contributed by atoms with Crippen molar-refractivity contribution in [2.45, 2.75) is 19.9 Å². The fraction of sp³-hybridized carbons (Fsp3) is 0.571. The van der Waals surface area contributed by atoms with Crippen LogP contribution in [0.25, 0.3) is 0 Å². The summed E-state index contributed by atoms with van der Waals surface area (Å²) in [4.78, 5) is 0. The fourth-order valence-corrected chi connectivity index (χ4v) is 0.863. The van der Waals surface area contributed by atoms with E-state index in [1.54, 1.807) is 0 Å². The molecular weight excluding hydrogens is 126 g/mol. The number of hydrogen-bond donors (Lipinski definition) is 1. The molecule has 0 aromatic carbocycles. The predicted octanol–water partition coefficient (Wildman–Crippen LogP) is -0.176. The quantitative estimate of drug-likeness (QED) is 0.622. The monoisotopic (exact) mass is 140 g/mol. The van der Waals surface area contributed by atoms with Crippen molar-refractivity contribution in [1.82, 2.24) is 9.78 Å². The van der Waals surface area contributed by atoms with E-state index in [4.69, 9.17) is 0 Å². The van der Waals surface area contributed by atoms with Crippen LogP contribution >= 0.6 is 0 Å². The lowest BCUT2D eigenvalue weighted by atomic mass is 10.4. The van der Waals surface area contributed by atoms with Crippen molar-refractivity contribution < 1.29 is 5.73 Å². The van der Waals surface area contributed by atoms with E-state index in [0.29, 0.717) is 0 Å². The zero-order valence-electron chi connectivity index (χ0n) is 6.38. The van der Waals surface area contributed by atoms with Crippen LogP contribution in [0.1, 0.15) is 12.0 Å². The molecule has 0 aliphatic heterocycles. The minimum atomic E-state index is 0.985. The Bertz CT molecular complexity index is 192. The summed E-state index contributed by atoms with van der Waals surface area (Å²) in [5.74, 6) is 0. The summed E-state index contributed by atoms with van der Waals surface area (Å²) < 4.78 is 1.96. The van der Waals surface area contributed by atoms with Gasteiger partial charge in [0.15, 0.2) is 0 Å². The molecule has 1 aromatic heterocycles. The van der Waals surface area contributed by atoms with Crippen molar-refractivity contribution in [3.05, 3.63) is 18.0 Å². The van der Waals surface area contributed by atoms with Crippen molar-refractivity contribution in [3.63, 3.8) is 0 Å². The van der Waals surface area contributed by atoms with E-state index in [-0.39, 0.29) is 0 Å². The highest BCUT2D eigenvalue weighted by atomic mass is 15.3. The van der Waals surface area contributed by atoms with Crippen LogP contribution in [0, 0.1) is 6.92 Å². The average Bonchev–Trinajstić information content (AvgIpc) is 2.31. The molecule has 0 saturated carbocycles. The van der Waals surface area contributed by atoms with Gasteiger partial charge in [-0.05, 0) is 12.5 Å². The van der Waals surface area contributed by atoms with Crippen LogP contribution < -0.4 is 5.73 Å². The topological polar surface area (TPSA) is 45.5 Å². The van der Waals surface area contributed by atoms with Gasteiger partial charge in [0, 0.05) is 19.2 Å². The molecule has 1 rings (SSSR count). The molecule has 0 aliphatic rings. The maximum Gasteiger partial charge on any atom is 0.0757 e. The van der Waals surface area contributed by atoms with Gasteiger partial charge in [-0.2, -0.15) is 5.10 Å². The van der Waals surface area contributed by atoms with Gasteiger partial charge in [0.2, 0.25) is 0 Å². The van der Waals surface area contributed by atoms with E-state index in [9.17, 15) is 0 Å². The molecule has 0 aliphatic carbocycles. The van der Waals surface area contributed by atoms with Gasteiger partial charge in [0.25, 0.3) is 0 Å². The van der Waals surface area contributed by atoms with E-state index >= 15 is 0 Å². The Morgan fingerprint density at radius 3 is 3.00 bits per heavy atom. The summed E-state index contributed by atoms with van der Waals surface area (Å²) in [6.45, 7) is 4.03. The normalized spacial score (nSPS) is 10.2. The first-order valence-corrected chi connectivity index (χ1v) is 3.61. The van der Waals surface area contributed by atoms with Crippen LogP contribution in [0.4, 0.5) is 0 Å². The van der Waals surface area contributed by atoms with E-state index in [1.807, 2.05) is 17.8 Å². The first-order valence-electron chi connectivity index (χ1n) is 3.61. The second-order valence-corrected chi connectivity index (χ2v) is 2.49. The standard InChI is InChI=1S/C7H13N3/c1-7-5-9-10(6-7)4-2-3-8/h5-6H,2-4,8H2,1H3/p+1. The van der Waals surface area contributed by atoms with Crippen molar-refractivity contribution in [3.8, 4) is 0 Å². The molecule has 3 nitrogen and oxygen atoms in total. The number of nitrogens with zero attached hydrogens (tertiary/aromatic N) is 2. The second-order valence-electron chi connectivity index (χ2n) is 2.49. The van der Waals surface area contributed by atoms with E-state index < -0.39 is 0 Å². The summed E-state index contributed by atoms with van der Waals surface area (Å²) in [5, 5.41) is 4.14. The maximum atomic E-state index is 4.14. The largest absolute Gasteiger partial charge is 0.358 e. The van der Waals surface area contributed by atoms with Crippen LogP contribution in [0.2, 0.25) is 0 Å². The van der Waals surface area contributed by atoms with Crippen molar-refractivity contribution in [2.75, 3.05) is 6.54 Å². The number of rotatable bonds is 3. The first-order chi connectivity index (χ1) is 4.83. The van der Waals surface area contributed by atoms with E-state index in [2.05, 4.69) is 17.0 Å². The van der Waals surface area contributed by atoms with Crippen LogP contribution in [-0.2, 0) is 6.54 Å². The maximum absolute atomic E-state index is 4.14. The third kappa shape index (κ3) is 1.84. The van der Waals surface area contributed by atoms with Gasteiger partial charge in [-0.15, -0.1) is 0 Å². The van der Waals surface area contributed by atoms with Crippen molar-refractivity contribution >= 4 is 0 Å². The molecule has 10 heavy (non-hydrogen) atoms. The Balaban J connectivity index is 2.42. The van der Waals surface area contributed by atoms with Gasteiger partial charge < -0.3 is 5.73 Å². The van der Waals surface area contributed by atoms with Crippen LogP contribution in [-0.4, -0.2) is 16.3 Å². The van der Waals surface area contributed by atoms with Gasteiger partial charge in [-0.25, -0.2) is 0 Å². The van der Waals surface area contributed by atoms with Gasteiger partial charge in [-0.1, -0.05) is 0 Å². The van der Waals surface area contributed by atoms with Crippen molar-refractivity contribution in [2.24, 2.45) is 0 Å². The molecule has 56 valence electrons. The lowest BCUT2D eigenvalue weighted by Crippen LogP contribution is -2.50. The van der Waals surface area contributed by atoms with Crippen LogP contribution in [0.5, 0.6) is 0 Å². The molecule has 0 radical (unpaired) electrons. The molecule has 0 bridgehead atoms. The smallest absolute Gasteiger partial charge is 0.0757 e. The Morgan fingerprint density at radius 1 is 1.70 bits per heavy atom. The molecule has 3 heteroatoms. The third-order valence-corrected chi connectivity index (χ3v) is 1.40. The Labute approximate surface area is 60.8 Å². The van der Waals surface area contributed by atoms with Crippen LogP contribution in [0.15, 0.2) is 12.4 Å². The summed E-state index contributed by atoms with van der Waals surface area (Å²) in [6.07, 6.45) is 5.04. The molecule has 1 heterocycles. The lowest BCUT2D eigenvalue weighted by Gasteiger charge is -1.95. The number of aryl methyl sites for hydroxylation is 2. The molecule has 0 atom stereocenters. The second kappa shape index (κ2) is 3.37. The minimum absolute atomic E-state index is 0.985. The zero-order valence-corrected chi connectivity index (χ0v) is 6.38. The molecule has 0 amide bonds. The highest BCUT2D eigenvalue weighted by Crippen LogP contribution is 1.94. The fourth-order valence-electron chi connectivity index (χ4n) is 0.863. The lowest BCUT2D eigenvalue weighted by molar-refractivity contribution is -0.368. The van der Waals surface area contributed by atoms with Gasteiger partial charge in [0.1, 0.15) is 0 Å². The molecule has 3 N–H and O–H groups in total.